The van der Waals surface area contributed by atoms with Crippen LogP contribution in [-0.4, -0.2) is 53.4 Å². The van der Waals surface area contributed by atoms with Gasteiger partial charge < -0.3 is 24.1 Å². The molecule has 0 saturated heterocycles. The van der Waals surface area contributed by atoms with Crippen molar-refractivity contribution in [2.45, 2.75) is 29.5 Å². The molecule has 39 heavy (non-hydrogen) atoms. The Morgan fingerprint density at radius 3 is 2.38 bits per heavy atom. The van der Waals surface area contributed by atoms with Gasteiger partial charge in [-0.15, -0.1) is 0 Å². The fraction of sp³-hybridized carbons (Fsp3) is 0.240. The molecule has 1 atom stereocenters. The Hall–Kier alpha value is -2.97. The number of hydrogen-bond acceptors (Lipinski definition) is 10. The second-order valence-electron chi connectivity index (χ2n) is 8.15. The monoisotopic (exact) mass is 581 g/mol. The molecule has 0 aliphatic heterocycles. The van der Waals surface area contributed by atoms with Gasteiger partial charge in [0.05, 0.1) is 47.2 Å². The first-order valence-corrected chi connectivity index (χ1v) is 14.0. The van der Waals surface area contributed by atoms with E-state index in [-0.39, 0.29) is 67.8 Å². The summed E-state index contributed by atoms with van der Waals surface area (Å²) in [6.45, 7) is 2.88. The zero-order valence-corrected chi connectivity index (χ0v) is 25.6. The van der Waals surface area contributed by atoms with Crippen LogP contribution in [0.4, 0.5) is 0 Å². The van der Waals surface area contributed by atoms with Crippen molar-refractivity contribution < 1.29 is 66.3 Å². The number of para-hydroxylation sites is 1. The number of ether oxygens (including phenoxy) is 3. The van der Waals surface area contributed by atoms with Crippen molar-refractivity contribution in [1.29, 1.82) is 0 Å². The van der Waals surface area contributed by atoms with E-state index in [0.717, 1.165) is 9.54 Å². The van der Waals surface area contributed by atoms with Crippen molar-refractivity contribution in [2.75, 3.05) is 20.8 Å². The molecule has 4 aromatic rings. The van der Waals surface area contributed by atoms with Crippen LogP contribution in [0.2, 0.25) is 0 Å². The zero-order valence-electron chi connectivity index (χ0n) is 22.0. The molecule has 0 radical (unpaired) electrons. The Morgan fingerprint density at radius 2 is 1.77 bits per heavy atom. The van der Waals surface area contributed by atoms with Gasteiger partial charge in [-0.3, -0.25) is 4.21 Å². The number of hydrogen-bond donors (Lipinski definition) is 0. The Kier molecular flexibility index (Phi) is 9.78. The van der Waals surface area contributed by atoms with Crippen molar-refractivity contribution in [2.24, 2.45) is 0 Å². The van der Waals surface area contributed by atoms with Gasteiger partial charge in [-0.2, -0.15) is 0 Å². The van der Waals surface area contributed by atoms with Crippen molar-refractivity contribution in [3.63, 3.8) is 0 Å². The molecule has 0 saturated carbocycles. The van der Waals surface area contributed by atoms with Crippen LogP contribution >= 0.6 is 0 Å². The summed E-state index contributed by atoms with van der Waals surface area (Å²) in [6.07, 6.45) is 1.55. The molecule has 1 unspecified atom stereocenters. The van der Waals surface area contributed by atoms with Gasteiger partial charge in [0, 0.05) is 17.3 Å². The summed E-state index contributed by atoms with van der Waals surface area (Å²) in [5, 5.41) is 10.9. The Morgan fingerprint density at radius 1 is 1.08 bits per heavy atom. The summed E-state index contributed by atoms with van der Waals surface area (Å²) in [4.78, 5) is 19.3. The van der Waals surface area contributed by atoms with Gasteiger partial charge in [0.25, 0.3) is 10.0 Å². The smallest absolute Gasteiger partial charge is 0.546 e. The van der Waals surface area contributed by atoms with E-state index in [1.165, 1.54) is 38.5 Å². The van der Waals surface area contributed by atoms with Crippen LogP contribution < -0.4 is 48.9 Å². The summed E-state index contributed by atoms with van der Waals surface area (Å²) >= 11 is 0. The number of benzene rings is 2. The van der Waals surface area contributed by atoms with Gasteiger partial charge in [-0.25, -0.2) is 22.4 Å². The SMILES string of the molecule is COc1c(C)cnc(S(=O)Cc2nc3c(OC)cccc3n2S(=O)(=O)c2ccc(OCC(=O)[O-])cc2)c1C.[Na+]. The maximum Gasteiger partial charge on any atom is 1.00 e. The number of aryl methyl sites for hydroxylation is 1. The zero-order chi connectivity index (χ0) is 27.6. The molecule has 0 fully saturated rings. The van der Waals surface area contributed by atoms with E-state index in [0.29, 0.717) is 17.1 Å². The number of aromatic nitrogens is 3. The number of fused-ring (bicyclic) bond motifs is 1. The van der Waals surface area contributed by atoms with Gasteiger partial charge >= 0.3 is 29.6 Å². The summed E-state index contributed by atoms with van der Waals surface area (Å²) in [7, 11) is -3.07. The molecule has 4 rings (SSSR count). The molecule has 14 heteroatoms. The summed E-state index contributed by atoms with van der Waals surface area (Å²) in [6, 6.07) is 10.1. The largest absolute Gasteiger partial charge is 1.00 e. The van der Waals surface area contributed by atoms with Crippen LogP contribution in [0.15, 0.2) is 58.6 Å². The Bertz CT molecular complexity index is 1650. The number of imidazole rings is 1. The summed E-state index contributed by atoms with van der Waals surface area (Å²) in [5.74, 6) is -0.603. The fourth-order valence-electron chi connectivity index (χ4n) is 4.01. The summed E-state index contributed by atoms with van der Waals surface area (Å²) in [5.41, 5.74) is 1.88. The van der Waals surface area contributed by atoms with Gasteiger partial charge in [0.2, 0.25) is 0 Å². The molecule has 2 aromatic carbocycles. The van der Waals surface area contributed by atoms with Crippen LogP contribution in [0.3, 0.4) is 0 Å². The van der Waals surface area contributed by atoms with E-state index in [2.05, 4.69) is 9.97 Å². The first-order chi connectivity index (χ1) is 18.1. The van der Waals surface area contributed by atoms with E-state index in [1.807, 2.05) is 6.92 Å². The Labute approximate surface area is 249 Å². The minimum atomic E-state index is -4.25. The molecule has 2 heterocycles. The third kappa shape index (κ3) is 6.12. The molecule has 0 bridgehead atoms. The maximum atomic E-state index is 13.8. The van der Waals surface area contributed by atoms with Gasteiger partial charge in [0.15, 0.2) is 0 Å². The third-order valence-electron chi connectivity index (χ3n) is 5.69. The van der Waals surface area contributed by atoms with Gasteiger partial charge in [-0.1, -0.05) is 6.07 Å². The number of methoxy groups -OCH3 is 2. The quantitative estimate of drug-likeness (QED) is 0.208. The number of rotatable bonds is 10. The van der Waals surface area contributed by atoms with Crippen molar-refractivity contribution in [3.05, 3.63) is 65.6 Å². The molecule has 0 amide bonds. The minimum absolute atomic E-state index is 0. The van der Waals surface area contributed by atoms with Crippen molar-refractivity contribution in [3.8, 4) is 17.2 Å². The molecule has 2 aromatic heterocycles. The maximum absolute atomic E-state index is 13.8. The van der Waals surface area contributed by atoms with E-state index < -0.39 is 33.4 Å². The van der Waals surface area contributed by atoms with Crippen LogP contribution in [-0.2, 0) is 31.4 Å². The number of aliphatic carboxylic acids is 1. The van der Waals surface area contributed by atoms with E-state index in [1.54, 1.807) is 31.3 Å². The second kappa shape index (κ2) is 12.5. The van der Waals surface area contributed by atoms with Crippen LogP contribution in [0.25, 0.3) is 11.0 Å². The molecule has 11 nitrogen and oxygen atoms in total. The topological polar surface area (TPSA) is 150 Å². The predicted molar refractivity (Wildman–Crippen MR) is 136 cm³/mol. The number of carboxylic acids is 1. The normalized spacial score (nSPS) is 12.0. The standard InChI is InChI=1S/C25H25N3O8S2.Na/c1-15-12-26-25(16(2)24(15)35-4)37(31)14-21-27-23-19(6-5-7-20(23)34-3)28(21)38(32,33)18-10-8-17(9-11-18)36-13-22(29)30;/h5-12H,13-14H2,1-4H3,(H,29,30);/q;+1/p-1. The average molecular weight is 582 g/mol. The first-order valence-electron chi connectivity index (χ1n) is 11.2. The number of carbonyl (C=O) groups is 1. The molecular formula is C25H24N3NaO8S2. The molecule has 200 valence electrons. The second-order valence-corrected chi connectivity index (χ2v) is 11.3. The van der Waals surface area contributed by atoms with E-state index in [9.17, 15) is 22.5 Å². The molecule has 0 N–H and O–H groups in total. The van der Waals surface area contributed by atoms with Gasteiger partial charge in [0.1, 0.15) is 40.2 Å². The van der Waals surface area contributed by atoms with E-state index in [4.69, 9.17) is 14.2 Å². The van der Waals surface area contributed by atoms with Crippen LogP contribution in [0, 0.1) is 13.8 Å². The number of carbonyl (C=O) groups excluding carboxylic acids is 1. The number of nitrogens with zero attached hydrogens (tertiary/aromatic N) is 3. The molecule has 0 aliphatic rings. The molecule has 0 spiro atoms. The third-order valence-corrected chi connectivity index (χ3v) is 8.80. The molecule has 0 aliphatic carbocycles. The van der Waals surface area contributed by atoms with Gasteiger partial charge in [-0.05, 0) is 50.2 Å². The predicted octanol–water partition coefficient (Wildman–Crippen LogP) is -1.26. The van der Waals surface area contributed by atoms with Crippen molar-refractivity contribution >= 4 is 37.8 Å². The first kappa shape index (κ1) is 30.6. The minimum Gasteiger partial charge on any atom is -0.546 e. The number of pyridine rings is 1. The number of carboxylic acid groups (broad SMARTS) is 1. The average Bonchev–Trinajstić information content (AvgIpc) is 3.26. The van der Waals surface area contributed by atoms with Crippen LogP contribution in [0.5, 0.6) is 17.2 Å². The Balaban J connectivity index is 0.00000420. The van der Waals surface area contributed by atoms with E-state index >= 15 is 0 Å². The van der Waals surface area contributed by atoms with Crippen molar-refractivity contribution in [1.82, 2.24) is 13.9 Å². The summed E-state index contributed by atoms with van der Waals surface area (Å²) < 4.78 is 58.0. The molecular weight excluding hydrogens is 557 g/mol. The van der Waals surface area contributed by atoms with Crippen LogP contribution in [0.1, 0.15) is 17.0 Å². The fourth-order valence-corrected chi connectivity index (χ4v) is 6.74.